The number of aliphatic hydroxyl groups excluding tert-OH is 1. The first kappa shape index (κ1) is 8.63. The van der Waals surface area contributed by atoms with Crippen LogP contribution in [-0.4, -0.2) is 17.9 Å². The molecule has 0 aromatic heterocycles. The molecule has 0 fully saturated rings. The minimum absolute atomic E-state index is 0.350. The van der Waals surface area contributed by atoms with Crippen molar-refractivity contribution in [1.29, 1.82) is 0 Å². The van der Waals surface area contributed by atoms with Crippen LogP contribution < -0.4 is 0 Å². The molecule has 0 aromatic carbocycles. The fourth-order valence-electron chi connectivity index (χ4n) is 0.575. The van der Waals surface area contributed by atoms with E-state index in [1.54, 1.807) is 6.08 Å². The monoisotopic (exact) mass is 132 g/mol. The average molecular weight is 132 g/mol. The Bertz CT molecular complexity index is 73.3. The van der Waals surface area contributed by atoms with Gasteiger partial charge in [-0.1, -0.05) is 6.08 Å². The second kappa shape index (κ2) is 5.76. The molecule has 2 heteroatoms. The van der Waals surface area contributed by atoms with Crippen LogP contribution in [0.5, 0.6) is 0 Å². The van der Waals surface area contributed by atoms with Gasteiger partial charge in [0.05, 0.1) is 6.61 Å². The summed E-state index contributed by atoms with van der Waals surface area (Å²) in [6.07, 6.45) is 2.78. The predicted octanol–water partition coefficient (Wildman–Crippen LogP) is 1.67. The quantitative estimate of drug-likeness (QED) is 0.445. The van der Waals surface area contributed by atoms with Crippen LogP contribution in [0.25, 0.3) is 0 Å². The zero-order chi connectivity index (χ0) is 7.11. The molecule has 0 saturated carbocycles. The molecule has 0 bridgehead atoms. The fraction of sp³-hybridized carbons (Fsp3) is 0.714. The van der Waals surface area contributed by atoms with Gasteiger partial charge >= 0.3 is 0 Å². The van der Waals surface area contributed by atoms with Crippen LogP contribution in [0, 0.1) is 0 Å². The molecule has 0 spiro atoms. The third-order valence-corrected chi connectivity index (χ3v) is 1.12. The molecular formula is C7H13FO. The first-order chi connectivity index (χ1) is 4.31. The van der Waals surface area contributed by atoms with E-state index in [1.807, 2.05) is 0 Å². The molecule has 0 rings (SSSR count). The molecule has 0 aliphatic rings. The van der Waals surface area contributed by atoms with E-state index in [0.717, 1.165) is 12.8 Å². The van der Waals surface area contributed by atoms with Crippen LogP contribution in [0.2, 0.25) is 0 Å². The number of aliphatic hydroxyl groups is 1. The maximum Gasteiger partial charge on any atom is 0.123 e. The lowest BCUT2D eigenvalue weighted by atomic mass is 10.2. The standard InChI is InChI=1S/C7H13FO/c1-2-3-4-5-7(8)6-9/h2,7,9H,1,3-6H2. The minimum atomic E-state index is -1.04. The van der Waals surface area contributed by atoms with Crippen LogP contribution >= 0.6 is 0 Å². The van der Waals surface area contributed by atoms with E-state index in [9.17, 15) is 4.39 Å². The number of unbranched alkanes of at least 4 members (excludes halogenated alkanes) is 1. The summed E-state index contributed by atoms with van der Waals surface area (Å²) in [5.41, 5.74) is 0. The summed E-state index contributed by atoms with van der Waals surface area (Å²) in [4.78, 5) is 0. The summed E-state index contributed by atoms with van der Waals surface area (Å²) in [6.45, 7) is 3.15. The number of hydrogen-bond donors (Lipinski definition) is 1. The van der Waals surface area contributed by atoms with Gasteiger partial charge in [0.2, 0.25) is 0 Å². The van der Waals surface area contributed by atoms with E-state index >= 15 is 0 Å². The molecule has 0 radical (unpaired) electrons. The van der Waals surface area contributed by atoms with E-state index in [1.165, 1.54) is 0 Å². The van der Waals surface area contributed by atoms with Crippen molar-refractivity contribution >= 4 is 0 Å². The highest BCUT2D eigenvalue weighted by Crippen LogP contribution is 2.03. The maximum atomic E-state index is 12.2. The zero-order valence-corrected chi connectivity index (χ0v) is 5.52. The van der Waals surface area contributed by atoms with Gasteiger partial charge in [-0.05, 0) is 19.3 Å². The summed E-state index contributed by atoms with van der Waals surface area (Å²) in [6, 6.07) is 0. The first-order valence-corrected chi connectivity index (χ1v) is 3.17. The Morgan fingerprint density at radius 2 is 2.33 bits per heavy atom. The van der Waals surface area contributed by atoms with E-state index in [0.29, 0.717) is 6.42 Å². The van der Waals surface area contributed by atoms with Gasteiger partial charge in [0.25, 0.3) is 0 Å². The van der Waals surface area contributed by atoms with Crippen molar-refractivity contribution in [2.45, 2.75) is 25.4 Å². The van der Waals surface area contributed by atoms with Gasteiger partial charge < -0.3 is 5.11 Å². The van der Waals surface area contributed by atoms with Crippen molar-refractivity contribution in [2.24, 2.45) is 0 Å². The highest BCUT2D eigenvalue weighted by atomic mass is 19.1. The van der Waals surface area contributed by atoms with Gasteiger partial charge in [0.1, 0.15) is 6.17 Å². The number of halogens is 1. The minimum Gasteiger partial charge on any atom is -0.393 e. The Kier molecular flexibility index (Phi) is 5.52. The predicted molar refractivity (Wildman–Crippen MR) is 36.0 cm³/mol. The summed E-state index contributed by atoms with van der Waals surface area (Å²) in [5, 5.41) is 8.23. The van der Waals surface area contributed by atoms with Crippen molar-refractivity contribution in [1.82, 2.24) is 0 Å². The lowest BCUT2D eigenvalue weighted by molar-refractivity contribution is 0.168. The molecule has 0 aliphatic carbocycles. The third-order valence-electron chi connectivity index (χ3n) is 1.12. The van der Waals surface area contributed by atoms with Crippen molar-refractivity contribution < 1.29 is 9.50 Å². The van der Waals surface area contributed by atoms with Crippen molar-refractivity contribution in [3.63, 3.8) is 0 Å². The molecule has 0 aromatic rings. The number of rotatable bonds is 5. The Balaban J connectivity index is 2.96. The largest absolute Gasteiger partial charge is 0.393 e. The summed E-state index contributed by atoms with van der Waals surface area (Å²) in [5.74, 6) is 0. The van der Waals surface area contributed by atoms with Gasteiger partial charge in [-0.3, -0.25) is 0 Å². The van der Waals surface area contributed by atoms with Crippen LogP contribution in [0.15, 0.2) is 12.7 Å². The number of hydrogen-bond acceptors (Lipinski definition) is 1. The summed E-state index contributed by atoms with van der Waals surface area (Å²) < 4.78 is 12.2. The number of alkyl halides is 1. The van der Waals surface area contributed by atoms with Crippen LogP contribution in [0.1, 0.15) is 19.3 Å². The van der Waals surface area contributed by atoms with Gasteiger partial charge in [-0.15, -0.1) is 6.58 Å². The molecule has 54 valence electrons. The maximum absolute atomic E-state index is 12.2. The second-order valence-corrected chi connectivity index (χ2v) is 2.00. The van der Waals surface area contributed by atoms with E-state index in [-0.39, 0.29) is 6.61 Å². The summed E-state index contributed by atoms with van der Waals surface area (Å²) in [7, 11) is 0. The molecule has 0 amide bonds. The molecule has 0 aliphatic heterocycles. The van der Waals surface area contributed by atoms with E-state index in [2.05, 4.69) is 6.58 Å². The van der Waals surface area contributed by atoms with Crippen molar-refractivity contribution in [3.05, 3.63) is 12.7 Å². The van der Waals surface area contributed by atoms with Crippen molar-refractivity contribution in [3.8, 4) is 0 Å². The molecular weight excluding hydrogens is 119 g/mol. The fourth-order valence-corrected chi connectivity index (χ4v) is 0.575. The molecule has 0 heterocycles. The Morgan fingerprint density at radius 1 is 1.67 bits per heavy atom. The SMILES string of the molecule is C=CCCCC(F)CO. The lowest BCUT2D eigenvalue weighted by Crippen LogP contribution is -2.04. The van der Waals surface area contributed by atoms with Crippen LogP contribution in [-0.2, 0) is 0 Å². The van der Waals surface area contributed by atoms with E-state index in [4.69, 9.17) is 5.11 Å². The Labute approximate surface area is 55.2 Å². The van der Waals surface area contributed by atoms with Gasteiger partial charge in [-0.2, -0.15) is 0 Å². The molecule has 1 N–H and O–H groups in total. The Hall–Kier alpha value is -0.370. The first-order valence-electron chi connectivity index (χ1n) is 3.17. The number of allylic oxidation sites excluding steroid dienone is 1. The molecule has 1 nitrogen and oxygen atoms in total. The highest BCUT2D eigenvalue weighted by Gasteiger charge is 2.01. The molecule has 1 unspecified atom stereocenters. The molecule has 0 saturated heterocycles. The van der Waals surface area contributed by atoms with Crippen LogP contribution in [0.4, 0.5) is 4.39 Å². The second-order valence-electron chi connectivity index (χ2n) is 2.00. The van der Waals surface area contributed by atoms with Gasteiger partial charge in [0, 0.05) is 0 Å². The normalized spacial score (nSPS) is 13.1. The van der Waals surface area contributed by atoms with Gasteiger partial charge in [0.15, 0.2) is 0 Å². The topological polar surface area (TPSA) is 20.2 Å². The zero-order valence-electron chi connectivity index (χ0n) is 5.52. The average Bonchev–Trinajstić information content (AvgIpc) is 1.89. The molecule has 1 atom stereocenters. The molecule has 9 heavy (non-hydrogen) atoms. The lowest BCUT2D eigenvalue weighted by Gasteiger charge is -2.00. The summed E-state index contributed by atoms with van der Waals surface area (Å²) >= 11 is 0. The van der Waals surface area contributed by atoms with Crippen molar-refractivity contribution in [2.75, 3.05) is 6.61 Å². The van der Waals surface area contributed by atoms with E-state index < -0.39 is 6.17 Å². The van der Waals surface area contributed by atoms with Gasteiger partial charge in [-0.25, -0.2) is 4.39 Å². The highest BCUT2D eigenvalue weighted by molar-refractivity contribution is 4.67. The van der Waals surface area contributed by atoms with Crippen LogP contribution in [0.3, 0.4) is 0 Å². The Morgan fingerprint density at radius 3 is 2.78 bits per heavy atom. The third kappa shape index (κ3) is 5.50. The smallest absolute Gasteiger partial charge is 0.123 e.